The number of nitrogens with zero attached hydrogens (tertiary/aromatic N) is 3. The maximum absolute atomic E-state index is 13.7. The van der Waals surface area contributed by atoms with Crippen LogP contribution >= 0.6 is 0 Å². The Labute approximate surface area is 183 Å². The second-order valence-corrected chi connectivity index (χ2v) is 7.33. The number of H-pyrrole nitrogens is 1. The topological polar surface area (TPSA) is 71.1 Å². The molecule has 0 saturated heterocycles. The van der Waals surface area contributed by atoms with Crippen LogP contribution in [0.4, 0.5) is 8.78 Å². The van der Waals surface area contributed by atoms with E-state index in [4.69, 9.17) is 4.74 Å². The molecule has 0 bridgehead atoms. The zero-order valence-electron chi connectivity index (χ0n) is 17.7. The van der Waals surface area contributed by atoms with Crippen molar-refractivity contribution < 1.29 is 18.3 Å². The van der Waals surface area contributed by atoms with Gasteiger partial charge in [-0.3, -0.25) is 9.89 Å². The van der Waals surface area contributed by atoms with Gasteiger partial charge in [-0.25, -0.2) is 13.8 Å². The Morgan fingerprint density at radius 1 is 1.16 bits per heavy atom. The fourth-order valence-electron chi connectivity index (χ4n) is 3.60. The molecule has 4 rings (SSSR count). The summed E-state index contributed by atoms with van der Waals surface area (Å²) in [6.45, 7) is 1.85. The molecule has 0 unspecified atom stereocenters. The molecule has 0 aliphatic heterocycles. The lowest BCUT2D eigenvalue weighted by Crippen LogP contribution is -2.27. The summed E-state index contributed by atoms with van der Waals surface area (Å²) in [7, 11) is 1.66. The molecule has 2 heterocycles. The number of hydrogen-bond acceptors (Lipinski definition) is 4. The fraction of sp³-hybridized carbons (Fsp3) is 0.208. The number of halogens is 2. The zero-order chi connectivity index (χ0) is 22.7. The molecule has 1 amide bonds. The Balaban J connectivity index is 1.61. The lowest BCUT2D eigenvalue weighted by Gasteiger charge is -2.19. The van der Waals surface area contributed by atoms with Crippen LogP contribution in [0.2, 0.25) is 0 Å². The highest BCUT2D eigenvalue weighted by Crippen LogP contribution is 2.30. The second-order valence-electron chi connectivity index (χ2n) is 7.33. The molecule has 0 radical (unpaired) electrons. The number of benzene rings is 2. The Kier molecular flexibility index (Phi) is 6.11. The van der Waals surface area contributed by atoms with E-state index in [1.54, 1.807) is 49.6 Å². The molecule has 0 aliphatic carbocycles. The van der Waals surface area contributed by atoms with Gasteiger partial charge in [-0.2, -0.15) is 5.10 Å². The number of ether oxygens (including phenoxy) is 1. The molecule has 0 fully saturated rings. The van der Waals surface area contributed by atoms with E-state index in [9.17, 15) is 13.6 Å². The minimum atomic E-state index is -0.590. The summed E-state index contributed by atoms with van der Waals surface area (Å²) in [5.74, 6) is -0.409. The molecule has 0 aliphatic rings. The molecule has 0 spiro atoms. The van der Waals surface area contributed by atoms with E-state index in [0.29, 0.717) is 34.2 Å². The van der Waals surface area contributed by atoms with Crippen LogP contribution in [0.3, 0.4) is 0 Å². The molecular formula is C24H22F2N4O2. The summed E-state index contributed by atoms with van der Waals surface area (Å²) in [6.07, 6.45) is 1.58. The third-order valence-electron chi connectivity index (χ3n) is 5.19. The molecule has 1 N–H and O–H groups in total. The highest BCUT2D eigenvalue weighted by atomic mass is 19.1. The van der Waals surface area contributed by atoms with Crippen molar-refractivity contribution in [3.05, 3.63) is 77.4 Å². The number of hydrogen-bond donors (Lipinski definition) is 1. The highest BCUT2D eigenvalue weighted by Gasteiger charge is 2.19. The van der Waals surface area contributed by atoms with Crippen LogP contribution in [0.1, 0.15) is 28.5 Å². The number of carbonyl (C=O) groups excluding carboxylic acids is 1. The van der Waals surface area contributed by atoms with Crippen molar-refractivity contribution in [1.82, 2.24) is 20.1 Å². The third-order valence-corrected chi connectivity index (χ3v) is 5.19. The largest absolute Gasteiger partial charge is 0.478 e. The number of pyridine rings is 1. The van der Waals surface area contributed by atoms with Crippen LogP contribution in [0, 0.1) is 5.82 Å². The molecule has 8 heteroatoms. The van der Waals surface area contributed by atoms with Crippen LogP contribution < -0.4 is 4.74 Å². The van der Waals surface area contributed by atoms with Crippen LogP contribution in [0.5, 0.6) is 5.88 Å². The average Bonchev–Trinajstić information content (AvgIpc) is 3.29. The first-order chi connectivity index (χ1) is 15.5. The van der Waals surface area contributed by atoms with Gasteiger partial charge in [-0.1, -0.05) is 24.3 Å². The predicted molar refractivity (Wildman–Crippen MR) is 118 cm³/mol. The predicted octanol–water partition coefficient (Wildman–Crippen LogP) is 4.90. The smallest absolute Gasteiger partial charge is 0.272 e. The number of amides is 1. The molecule has 0 atom stereocenters. The summed E-state index contributed by atoms with van der Waals surface area (Å²) in [5.41, 5.74) is 3.48. The van der Waals surface area contributed by atoms with E-state index < -0.39 is 6.67 Å². The molecular weight excluding hydrogens is 414 g/mol. The maximum atomic E-state index is 13.7. The summed E-state index contributed by atoms with van der Waals surface area (Å²) in [6, 6.07) is 12.9. The molecule has 32 heavy (non-hydrogen) atoms. The van der Waals surface area contributed by atoms with Gasteiger partial charge in [0, 0.05) is 24.5 Å². The number of aromatic nitrogens is 3. The minimum absolute atomic E-state index is 0.206. The lowest BCUT2D eigenvalue weighted by atomic mass is 10.1. The van der Waals surface area contributed by atoms with E-state index in [-0.39, 0.29) is 29.8 Å². The van der Waals surface area contributed by atoms with E-state index in [2.05, 4.69) is 15.2 Å². The van der Waals surface area contributed by atoms with Gasteiger partial charge in [0.2, 0.25) is 5.88 Å². The first kappa shape index (κ1) is 21.4. The summed E-state index contributed by atoms with van der Waals surface area (Å²) >= 11 is 0. The summed E-state index contributed by atoms with van der Waals surface area (Å²) in [5, 5.41) is 7.59. The molecule has 164 valence electrons. The van der Waals surface area contributed by atoms with Crippen molar-refractivity contribution in [3.63, 3.8) is 0 Å². The van der Waals surface area contributed by atoms with Crippen LogP contribution in [0.15, 0.2) is 54.7 Å². The van der Waals surface area contributed by atoms with E-state index in [1.807, 2.05) is 6.92 Å². The first-order valence-corrected chi connectivity index (χ1v) is 10.2. The number of carbonyl (C=O) groups is 1. The first-order valence-electron chi connectivity index (χ1n) is 10.2. The SMILES string of the molecule is CCOc1nc(C(=O)N(C)Cc2ccc(CF)c3cn[nH]c23)ccc1-c1cccc(F)c1. The monoisotopic (exact) mass is 436 g/mol. The van der Waals surface area contributed by atoms with Crippen molar-refractivity contribution in [2.45, 2.75) is 20.1 Å². The highest BCUT2D eigenvalue weighted by molar-refractivity contribution is 5.93. The normalized spacial score (nSPS) is 11.0. The lowest BCUT2D eigenvalue weighted by molar-refractivity contribution is 0.0778. The van der Waals surface area contributed by atoms with Crippen molar-refractivity contribution in [1.29, 1.82) is 0 Å². The molecule has 0 saturated carbocycles. The van der Waals surface area contributed by atoms with Gasteiger partial charge in [0.25, 0.3) is 5.91 Å². The standard InChI is InChI=1S/C24H22F2N4O2/c1-3-32-23-19(15-5-4-6-18(26)11-15)9-10-21(28-23)24(31)30(2)14-17-8-7-16(12-25)20-13-27-29-22(17)20/h4-11,13H,3,12,14H2,1-2H3,(H,27,29). The van der Waals surface area contributed by atoms with Gasteiger partial charge in [-0.05, 0) is 47.9 Å². The van der Waals surface area contributed by atoms with Crippen molar-refractivity contribution in [2.75, 3.05) is 13.7 Å². The van der Waals surface area contributed by atoms with Crippen molar-refractivity contribution in [3.8, 4) is 17.0 Å². The van der Waals surface area contributed by atoms with Crippen LogP contribution in [-0.4, -0.2) is 39.6 Å². The van der Waals surface area contributed by atoms with Crippen LogP contribution in [-0.2, 0) is 13.2 Å². The van der Waals surface area contributed by atoms with Gasteiger partial charge >= 0.3 is 0 Å². The third kappa shape index (κ3) is 4.16. The van der Waals surface area contributed by atoms with E-state index >= 15 is 0 Å². The Morgan fingerprint density at radius 2 is 1.97 bits per heavy atom. The van der Waals surface area contributed by atoms with Gasteiger partial charge in [0.05, 0.1) is 18.3 Å². The van der Waals surface area contributed by atoms with Gasteiger partial charge in [0.15, 0.2) is 0 Å². The second kappa shape index (κ2) is 9.13. The van der Waals surface area contributed by atoms with Gasteiger partial charge < -0.3 is 9.64 Å². The van der Waals surface area contributed by atoms with Gasteiger partial charge in [-0.15, -0.1) is 0 Å². The minimum Gasteiger partial charge on any atom is -0.478 e. The Hall–Kier alpha value is -3.81. The van der Waals surface area contributed by atoms with E-state index in [0.717, 1.165) is 5.56 Å². The maximum Gasteiger partial charge on any atom is 0.272 e. The number of nitrogens with one attached hydrogen (secondary N) is 1. The van der Waals surface area contributed by atoms with Gasteiger partial charge in [0.1, 0.15) is 18.2 Å². The Bertz CT molecular complexity index is 1270. The number of alkyl halides is 1. The zero-order valence-corrected chi connectivity index (χ0v) is 17.7. The van der Waals surface area contributed by atoms with E-state index in [1.165, 1.54) is 17.0 Å². The van der Waals surface area contributed by atoms with Crippen molar-refractivity contribution in [2.24, 2.45) is 0 Å². The number of fused-ring (bicyclic) bond motifs is 1. The number of aromatic amines is 1. The molecule has 2 aromatic carbocycles. The van der Waals surface area contributed by atoms with Crippen molar-refractivity contribution >= 4 is 16.8 Å². The molecule has 2 aromatic heterocycles. The number of rotatable bonds is 7. The Morgan fingerprint density at radius 3 is 2.72 bits per heavy atom. The quantitative estimate of drug-likeness (QED) is 0.447. The molecule has 4 aromatic rings. The molecule has 6 nitrogen and oxygen atoms in total. The van der Waals surface area contributed by atoms with Crippen LogP contribution in [0.25, 0.3) is 22.0 Å². The average molecular weight is 436 g/mol. The summed E-state index contributed by atoms with van der Waals surface area (Å²) in [4.78, 5) is 19.0. The summed E-state index contributed by atoms with van der Waals surface area (Å²) < 4.78 is 32.5. The fourth-order valence-corrected chi connectivity index (χ4v) is 3.60.